The Hall–Kier alpha value is -3.15. The first-order valence-electron chi connectivity index (χ1n) is 7.93. The molecule has 6 nitrogen and oxygen atoms in total. The number of amides is 2. The Balaban J connectivity index is 1.90. The van der Waals surface area contributed by atoms with E-state index < -0.39 is 6.04 Å². The molecule has 2 aromatic rings. The molecule has 0 saturated carbocycles. The molecule has 1 atom stereocenters. The molecular weight excluding hydrogens is 320 g/mol. The van der Waals surface area contributed by atoms with Crippen molar-refractivity contribution in [2.45, 2.75) is 19.9 Å². The van der Waals surface area contributed by atoms with E-state index in [1.165, 1.54) is 11.8 Å². The van der Waals surface area contributed by atoms with Gasteiger partial charge in [0.25, 0.3) is 5.91 Å². The summed E-state index contributed by atoms with van der Waals surface area (Å²) < 4.78 is 5.41. The van der Waals surface area contributed by atoms with Crippen molar-refractivity contribution < 1.29 is 19.1 Å². The molecule has 25 heavy (non-hydrogen) atoms. The lowest BCUT2D eigenvalue weighted by molar-refractivity contribution is -0.125. The highest BCUT2D eigenvalue weighted by atomic mass is 16.5. The van der Waals surface area contributed by atoms with Crippen LogP contribution >= 0.6 is 0 Å². The number of rotatable bonds is 4. The van der Waals surface area contributed by atoms with E-state index in [4.69, 9.17) is 4.74 Å². The second-order valence-corrected chi connectivity index (χ2v) is 5.82. The number of Topliss-reactive ketones (excluding diaryl/α,β-unsaturated/α-hetero) is 1. The summed E-state index contributed by atoms with van der Waals surface area (Å²) in [4.78, 5) is 38.0. The molecule has 2 aromatic carbocycles. The van der Waals surface area contributed by atoms with Crippen LogP contribution in [0, 0.1) is 0 Å². The number of ketones is 1. The van der Waals surface area contributed by atoms with Crippen LogP contribution in [0.4, 0.5) is 11.4 Å². The lowest BCUT2D eigenvalue weighted by atomic mass is 10.1. The molecule has 1 aliphatic rings. The van der Waals surface area contributed by atoms with Gasteiger partial charge in [-0.15, -0.1) is 0 Å². The predicted molar refractivity (Wildman–Crippen MR) is 94.0 cm³/mol. The van der Waals surface area contributed by atoms with E-state index in [1.54, 1.807) is 37.3 Å². The van der Waals surface area contributed by atoms with Crippen LogP contribution in [-0.4, -0.2) is 30.2 Å². The zero-order chi connectivity index (χ0) is 18.0. The lowest BCUT2D eigenvalue weighted by Gasteiger charge is -2.33. The van der Waals surface area contributed by atoms with E-state index in [2.05, 4.69) is 5.32 Å². The molecule has 1 unspecified atom stereocenters. The lowest BCUT2D eigenvalue weighted by Crippen LogP contribution is -2.49. The molecule has 0 spiro atoms. The van der Waals surface area contributed by atoms with Gasteiger partial charge in [-0.3, -0.25) is 19.3 Å². The van der Waals surface area contributed by atoms with Crippen LogP contribution in [0.3, 0.4) is 0 Å². The number of nitrogens with zero attached hydrogens (tertiary/aromatic N) is 1. The minimum Gasteiger partial charge on any atom is -0.482 e. The van der Waals surface area contributed by atoms with Gasteiger partial charge in [-0.05, 0) is 44.2 Å². The van der Waals surface area contributed by atoms with Crippen LogP contribution in [-0.2, 0) is 9.59 Å². The third-order valence-corrected chi connectivity index (χ3v) is 4.05. The van der Waals surface area contributed by atoms with E-state index in [9.17, 15) is 14.4 Å². The van der Waals surface area contributed by atoms with E-state index in [0.717, 1.165) is 0 Å². The average molecular weight is 338 g/mol. The van der Waals surface area contributed by atoms with Crippen molar-refractivity contribution in [3.05, 3.63) is 54.1 Å². The van der Waals surface area contributed by atoms with E-state index in [-0.39, 0.29) is 24.2 Å². The summed E-state index contributed by atoms with van der Waals surface area (Å²) in [5, 5.41) is 2.79. The Morgan fingerprint density at radius 2 is 1.88 bits per heavy atom. The number of anilines is 2. The molecule has 0 bridgehead atoms. The molecule has 1 aliphatic heterocycles. The van der Waals surface area contributed by atoms with Crippen molar-refractivity contribution in [3.63, 3.8) is 0 Å². The quantitative estimate of drug-likeness (QED) is 0.870. The predicted octanol–water partition coefficient (Wildman–Crippen LogP) is 2.64. The molecule has 0 radical (unpaired) electrons. The Bertz CT molecular complexity index is 833. The topological polar surface area (TPSA) is 75.7 Å². The van der Waals surface area contributed by atoms with Crippen molar-refractivity contribution in [1.82, 2.24) is 0 Å². The normalized spacial score (nSPS) is 14.3. The second kappa shape index (κ2) is 6.76. The SMILES string of the molecule is CC(=O)c1ccc2c(c1)N(C(C)C(=O)Nc1ccccc1)C(=O)CO2. The summed E-state index contributed by atoms with van der Waals surface area (Å²) in [5.41, 5.74) is 1.54. The highest BCUT2D eigenvalue weighted by Gasteiger charge is 2.33. The number of nitrogens with one attached hydrogen (secondary N) is 1. The van der Waals surface area contributed by atoms with Crippen LogP contribution in [0.2, 0.25) is 0 Å². The molecule has 0 fully saturated rings. The van der Waals surface area contributed by atoms with Gasteiger partial charge in [0, 0.05) is 11.3 Å². The van der Waals surface area contributed by atoms with Crippen molar-refractivity contribution in [2.24, 2.45) is 0 Å². The molecule has 1 heterocycles. The van der Waals surface area contributed by atoms with Gasteiger partial charge in [-0.1, -0.05) is 18.2 Å². The average Bonchev–Trinajstić information content (AvgIpc) is 2.61. The van der Waals surface area contributed by atoms with Gasteiger partial charge in [0.1, 0.15) is 11.8 Å². The van der Waals surface area contributed by atoms with Gasteiger partial charge >= 0.3 is 0 Å². The van der Waals surface area contributed by atoms with E-state index >= 15 is 0 Å². The fourth-order valence-corrected chi connectivity index (χ4v) is 2.70. The molecule has 0 saturated heterocycles. The van der Waals surface area contributed by atoms with Crippen molar-refractivity contribution >= 4 is 29.0 Å². The number of para-hydroxylation sites is 1. The number of carbonyl (C=O) groups is 3. The fourth-order valence-electron chi connectivity index (χ4n) is 2.70. The maximum atomic E-state index is 12.6. The number of fused-ring (bicyclic) bond motifs is 1. The summed E-state index contributed by atoms with van der Waals surface area (Å²) in [6, 6.07) is 13.1. The minimum atomic E-state index is -0.752. The summed E-state index contributed by atoms with van der Waals surface area (Å²) in [6.07, 6.45) is 0. The molecule has 3 rings (SSSR count). The van der Waals surface area contributed by atoms with Crippen molar-refractivity contribution in [3.8, 4) is 5.75 Å². The fraction of sp³-hybridized carbons (Fsp3) is 0.211. The van der Waals surface area contributed by atoms with E-state index in [0.29, 0.717) is 22.7 Å². The zero-order valence-corrected chi connectivity index (χ0v) is 14.0. The number of ether oxygens (including phenoxy) is 1. The van der Waals surface area contributed by atoms with Crippen molar-refractivity contribution in [1.29, 1.82) is 0 Å². The largest absolute Gasteiger partial charge is 0.482 e. The number of hydrogen-bond donors (Lipinski definition) is 1. The van der Waals surface area contributed by atoms with Crippen LogP contribution in [0.5, 0.6) is 5.75 Å². The zero-order valence-electron chi connectivity index (χ0n) is 14.0. The maximum absolute atomic E-state index is 12.6. The Labute approximate surface area is 145 Å². The molecule has 0 aliphatic carbocycles. The van der Waals surface area contributed by atoms with Gasteiger partial charge in [-0.25, -0.2) is 0 Å². The van der Waals surface area contributed by atoms with Gasteiger partial charge < -0.3 is 10.1 Å². The summed E-state index contributed by atoms with van der Waals surface area (Å²) in [6.45, 7) is 2.95. The Morgan fingerprint density at radius 3 is 2.56 bits per heavy atom. The van der Waals surface area contributed by atoms with Gasteiger partial charge in [0.2, 0.25) is 5.91 Å². The van der Waals surface area contributed by atoms with Gasteiger partial charge in [0.05, 0.1) is 5.69 Å². The second-order valence-electron chi connectivity index (χ2n) is 5.82. The number of benzene rings is 2. The smallest absolute Gasteiger partial charge is 0.265 e. The first-order valence-corrected chi connectivity index (χ1v) is 7.93. The molecule has 6 heteroatoms. The summed E-state index contributed by atoms with van der Waals surface area (Å²) in [5.74, 6) is -0.296. The molecule has 128 valence electrons. The minimum absolute atomic E-state index is 0.123. The van der Waals surface area contributed by atoms with Crippen molar-refractivity contribution in [2.75, 3.05) is 16.8 Å². The third kappa shape index (κ3) is 3.38. The Morgan fingerprint density at radius 1 is 1.16 bits per heavy atom. The Kier molecular flexibility index (Phi) is 4.52. The van der Waals surface area contributed by atoms with Gasteiger partial charge in [-0.2, -0.15) is 0 Å². The van der Waals surface area contributed by atoms with Crippen LogP contribution in [0.25, 0.3) is 0 Å². The summed E-state index contributed by atoms with van der Waals surface area (Å²) >= 11 is 0. The first kappa shape index (κ1) is 16.7. The van der Waals surface area contributed by atoms with Gasteiger partial charge in [0.15, 0.2) is 12.4 Å². The maximum Gasteiger partial charge on any atom is 0.265 e. The molecule has 2 amide bonds. The van der Waals surface area contributed by atoms with Crippen LogP contribution < -0.4 is 15.0 Å². The van der Waals surface area contributed by atoms with Crippen LogP contribution in [0.15, 0.2) is 48.5 Å². The number of hydrogen-bond acceptors (Lipinski definition) is 4. The third-order valence-electron chi connectivity index (χ3n) is 4.05. The van der Waals surface area contributed by atoms with E-state index in [1.807, 2.05) is 18.2 Å². The highest BCUT2D eigenvalue weighted by Crippen LogP contribution is 2.34. The number of carbonyl (C=O) groups excluding carboxylic acids is 3. The first-order chi connectivity index (χ1) is 12.0. The molecule has 0 aromatic heterocycles. The standard InChI is InChI=1S/C19H18N2O4/c1-12(19(24)20-15-6-4-3-5-7-15)21-16-10-14(13(2)22)8-9-17(16)25-11-18(21)23/h3-10,12H,11H2,1-2H3,(H,20,24). The molecular formula is C19H18N2O4. The summed E-state index contributed by atoms with van der Waals surface area (Å²) in [7, 11) is 0. The highest BCUT2D eigenvalue weighted by molar-refractivity contribution is 6.07. The van der Waals surface area contributed by atoms with Crippen LogP contribution in [0.1, 0.15) is 24.2 Å². The monoisotopic (exact) mass is 338 g/mol. The molecule has 1 N–H and O–H groups in total.